The van der Waals surface area contributed by atoms with Gasteiger partial charge < -0.3 is 20.7 Å². The summed E-state index contributed by atoms with van der Waals surface area (Å²) in [5, 5.41) is 3.68. The summed E-state index contributed by atoms with van der Waals surface area (Å²) >= 11 is 6.27. The lowest BCUT2D eigenvalue weighted by Gasteiger charge is -2.33. The summed E-state index contributed by atoms with van der Waals surface area (Å²) in [7, 11) is 3.93. The van der Waals surface area contributed by atoms with Gasteiger partial charge in [-0.3, -0.25) is 4.79 Å². The van der Waals surface area contributed by atoms with Gasteiger partial charge in [0.15, 0.2) is 0 Å². The fourth-order valence-corrected chi connectivity index (χ4v) is 2.91. The van der Waals surface area contributed by atoms with Gasteiger partial charge in [0.25, 0.3) is 0 Å². The molecule has 1 aromatic carbocycles. The molecule has 1 unspecified atom stereocenters. The second-order valence-electron chi connectivity index (χ2n) is 5.98. The molecule has 0 aliphatic carbocycles. The molecule has 0 saturated carbocycles. The Kier molecular flexibility index (Phi) is 5.81. The predicted octanol–water partition coefficient (Wildman–Crippen LogP) is 1.57. The van der Waals surface area contributed by atoms with Crippen molar-refractivity contribution in [1.82, 2.24) is 10.2 Å². The summed E-state index contributed by atoms with van der Waals surface area (Å²) in [4.78, 5) is 14.5. The lowest BCUT2D eigenvalue weighted by atomic mass is 9.90. The van der Waals surface area contributed by atoms with Crippen molar-refractivity contribution in [3.05, 3.63) is 34.9 Å². The molecule has 1 aliphatic heterocycles. The SMILES string of the molecule is CN(C)C(CNC(=O)C1(N)CCOCC1)c1ccccc1Cl. The third-order valence-corrected chi connectivity index (χ3v) is 4.52. The molecular weight excluding hydrogens is 302 g/mol. The van der Waals surface area contributed by atoms with Crippen LogP contribution in [0.3, 0.4) is 0 Å². The molecule has 0 radical (unpaired) electrons. The van der Waals surface area contributed by atoms with E-state index >= 15 is 0 Å². The Labute approximate surface area is 136 Å². The number of likely N-dealkylation sites (N-methyl/N-ethyl adjacent to an activating group) is 1. The van der Waals surface area contributed by atoms with Crippen molar-refractivity contribution >= 4 is 17.5 Å². The van der Waals surface area contributed by atoms with Gasteiger partial charge in [-0.15, -0.1) is 0 Å². The second-order valence-corrected chi connectivity index (χ2v) is 6.39. The Bertz CT molecular complexity index is 516. The monoisotopic (exact) mass is 325 g/mol. The van der Waals surface area contributed by atoms with Crippen LogP contribution in [-0.2, 0) is 9.53 Å². The second kappa shape index (κ2) is 7.42. The lowest BCUT2D eigenvalue weighted by Crippen LogP contribution is -2.57. The molecule has 0 aromatic heterocycles. The van der Waals surface area contributed by atoms with Gasteiger partial charge in [0.1, 0.15) is 0 Å². The normalized spacial score (nSPS) is 19.0. The molecular formula is C16H24ClN3O2. The minimum atomic E-state index is -0.824. The summed E-state index contributed by atoms with van der Waals surface area (Å²) in [5.74, 6) is -0.116. The molecule has 0 bridgehead atoms. The molecule has 1 atom stereocenters. The molecule has 22 heavy (non-hydrogen) atoms. The van der Waals surface area contributed by atoms with Gasteiger partial charge in [-0.2, -0.15) is 0 Å². The van der Waals surface area contributed by atoms with E-state index in [0.29, 0.717) is 37.6 Å². The Morgan fingerprint density at radius 1 is 1.41 bits per heavy atom. The minimum Gasteiger partial charge on any atom is -0.381 e. The van der Waals surface area contributed by atoms with Crippen LogP contribution in [0.15, 0.2) is 24.3 Å². The van der Waals surface area contributed by atoms with Crippen molar-refractivity contribution in [1.29, 1.82) is 0 Å². The van der Waals surface area contributed by atoms with E-state index in [1.807, 2.05) is 43.3 Å². The average molecular weight is 326 g/mol. The number of rotatable bonds is 5. The zero-order valence-corrected chi connectivity index (χ0v) is 13.9. The Hall–Kier alpha value is -1.14. The Balaban J connectivity index is 2.03. The minimum absolute atomic E-state index is 0.00101. The predicted molar refractivity (Wildman–Crippen MR) is 87.9 cm³/mol. The zero-order valence-electron chi connectivity index (χ0n) is 13.1. The van der Waals surface area contributed by atoms with Crippen molar-refractivity contribution in [2.45, 2.75) is 24.4 Å². The van der Waals surface area contributed by atoms with Crippen LogP contribution in [0.4, 0.5) is 0 Å². The molecule has 1 fully saturated rings. The topological polar surface area (TPSA) is 67.6 Å². The number of amides is 1. The maximum Gasteiger partial charge on any atom is 0.240 e. The summed E-state index contributed by atoms with van der Waals surface area (Å²) < 4.78 is 5.28. The first-order valence-corrected chi connectivity index (χ1v) is 7.87. The van der Waals surface area contributed by atoms with Crippen LogP contribution in [0.2, 0.25) is 5.02 Å². The number of nitrogens with zero attached hydrogens (tertiary/aromatic N) is 1. The number of hydrogen-bond donors (Lipinski definition) is 2. The van der Waals surface area contributed by atoms with E-state index in [9.17, 15) is 4.79 Å². The third kappa shape index (κ3) is 3.98. The van der Waals surface area contributed by atoms with Gasteiger partial charge in [-0.1, -0.05) is 29.8 Å². The molecule has 0 spiro atoms. The van der Waals surface area contributed by atoms with E-state index in [-0.39, 0.29) is 11.9 Å². The summed E-state index contributed by atoms with van der Waals surface area (Å²) in [6, 6.07) is 7.68. The van der Waals surface area contributed by atoms with Crippen molar-refractivity contribution in [2.75, 3.05) is 33.9 Å². The number of hydrogen-bond acceptors (Lipinski definition) is 4. The van der Waals surface area contributed by atoms with Crippen LogP contribution in [0.1, 0.15) is 24.4 Å². The smallest absolute Gasteiger partial charge is 0.240 e. The van der Waals surface area contributed by atoms with E-state index < -0.39 is 5.54 Å². The van der Waals surface area contributed by atoms with Crippen molar-refractivity contribution in [3.8, 4) is 0 Å². The number of carbonyl (C=O) groups excluding carboxylic acids is 1. The molecule has 1 saturated heterocycles. The maximum absolute atomic E-state index is 12.4. The number of benzene rings is 1. The first kappa shape index (κ1) is 17.2. The molecule has 1 aromatic rings. The Morgan fingerprint density at radius 3 is 2.64 bits per heavy atom. The number of nitrogens with two attached hydrogens (primary N) is 1. The van der Waals surface area contributed by atoms with Crippen LogP contribution < -0.4 is 11.1 Å². The lowest BCUT2D eigenvalue weighted by molar-refractivity contribution is -0.130. The molecule has 1 amide bonds. The van der Waals surface area contributed by atoms with E-state index in [4.69, 9.17) is 22.1 Å². The summed E-state index contributed by atoms with van der Waals surface area (Å²) in [6.45, 7) is 1.53. The van der Waals surface area contributed by atoms with E-state index in [1.54, 1.807) is 0 Å². The fourth-order valence-electron chi connectivity index (χ4n) is 2.64. The number of nitrogens with one attached hydrogen (secondary N) is 1. The quantitative estimate of drug-likeness (QED) is 0.862. The Morgan fingerprint density at radius 2 is 2.05 bits per heavy atom. The molecule has 2 rings (SSSR count). The molecule has 1 aliphatic rings. The summed E-state index contributed by atoms with van der Waals surface area (Å²) in [6.07, 6.45) is 1.11. The van der Waals surface area contributed by atoms with Gasteiger partial charge in [-0.05, 0) is 38.6 Å². The maximum atomic E-state index is 12.4. The molecule has 5 nitrogen and oxygen atoms in total. The molecule has 1 heterocycles. The highest BCUT2D eigenvalue weighted by Crippen LogP contribution is 2.26. The summed E-state index contributed by atoms with van der Waals surface area (Å²) in [5.41, 5.74) is 6.37. The van der Waals surface area contributed by atoms with Crippen LogP contribution >= 0.6 is 11.6 Å². The van der Waals surface area contributed by atoms with E-state index in [2.05, 4.69) is 5.32 Å². The van der Waals surface area contributed by atoms with Crippen LogP contribution in [0.25, 0.3) is 0 Å². The van der Waals surface area contributed by atoms with Crippen molar-refractivity contribution in [2.24, 2.45) is 5.73 Å². The van der Waals surface area contributed by atoms with E-state index in [0.717, 1.165) is 5.56 Å². The van der Waals surface area contributed by atoms with Crippen LogP contribution in [0.5, 0.6) is 0 Å². The van der Waals surface area contributed by atoms with Gasteiger partial charge in [0, 0.05) is 24.8 Å². The highest BCUT2D eigenvalue weighted by molar-refractivity contribution is 6.31. The zero-order chi connectivity index (χ0) is 16.2. The van der Waals surface area contributed by atoms with Gasteiger partial charge in [0.05, 0.1) is 11.6 Å². The largest absolute Gasteiger partial charge is 0.381 e. The van der Waals surface area contributed by atoms with Gasteiger partial charge in [-0.25, -0.2) is 0 Å². The number of carbonyl (C=O) groups is 1. The van der Waals surface area contributed by atoms with Gasteiger partial charge in [0.2, 0.25) is 5.91 Å². The van der Waals surface area contributed by atoms with Crippen LogP contribution in [-0.4, -0.2) is 50.2 Å². The third-order valence-electron chi connectivity index (χ3n) is 4.18. The standard InChI is InChI=1S/C16H24ClN3O2/c1-20(2)14(12-5-3-4-6-13(12)17)11-19-15(21)16(18)7-9-22-10-8-16/h3-6,14H,7-11,18H2,1-2H3,(H,19,21). The molecule has 122 valence electrons. The van der Waals surface area contributed by atoms with Gasteiger partial charge >= 0.3 is 0 Å². The molecule has 3 N–H and O–H groups in total. The van der Waals surface area contributed by atoms with Crippen molar-refractivity contribution in [3.63, 3.8) is 0 Å². The number of ether oxygens (including phenoxy) is 1. The molecule has 6 heteroatoms. The highest BCUT2D eigenvalue weighted by atomic mass is 35.5. The first-order valence-electron chi connectivity index (χ1n) is 7.50. The fraction of sp³-hybridized carbons (Fsp3) is 0.562. The highest BCUT2D eigenvalue weighted by Gasteiger charge is 2.36. The van der Waals surface area contributed by atoms with E-state index in [1.165, 1.54) is 0 Å². The van der Waals surface area contributed by atoms with Crippen LogP contribution in [0, 0.1) is 0 Å². The average Bonchev–Trinajstić information content (AvgIpc) is 2.49. The number of halogens is 1. The van der Waals surface area contributed by atoms with Crippen molar-refractivity contribution < 1.29 is 9.53 Å². The first-order chi connectivity index (χ1) is 10.4.